The van der Waals surface area contributed by atoms with E-state index in [4.69, 9.17) is 11.6 Å². The van der Waals surface area contributed by atoms with Crippen LogP contribution in [0, 0.1) is 11.7 Å². The molecule has 0 aromatic heterocycles. The molecule has 0 radical (unpaired) electrons. The summed E-state index contributed by atoms with van der Waals surface area (Å²) in [4.78, 5) is 26.4. The molecule has 7 heteroatoms. The Bertz CT molecular complexity index is 829. The summed E-state index contributed by atoms with van der Waals surface area (Å²) in [5.74, 6) is -1.02. The van der Waals surface area contributed by atoms with Crippen LogP contribution in [0.15, 0.2) is 53.6 Å². The normalized spacial score (nSPS) is 15.1. The van der Waals surface area contributed by atoms with Gasteiger partial charge in [-0.15, -0.1) is 0 Å². The summed E-state index contributed by atoms with van der Waals surface area (Å²) in [7, 11) is 0. The highest BCUT2D eigenvalue weighted by molar-refractivity contribution is 6.33. The second-order valence-corrected chi connectivity index (χ2v) is 6.71. The number of rotatable bonds is 4. The van der Waals surface area contributed by atoms with E-state index in [1.54, 1.807) is 23.1 Å². The number of carbonyl (C=O) groups excluding carboxylic acids is 2. The van der Waals surface area contributed by atoms with Gasteiger partial charge in [-0.2, -0.15) is 5.10 Å². The number of nitrogens with one attached hydrogen (secondary N) is 1. The number of hydrogen-bond acceptors (Lipinski definition) is 3. The molecule has 0 bridgehead atoms. The molecule has 1 saturated heterocycles. The lowest BCUT2D eigenvalue weighted by atomic mass is 9.95. The van der Waals surface area contributed by atoms with Gasteiger partial charge in [0.1, 0.15) is 5.82 Å². The Kier molecular flexibility index (Phi) is 6.19. The molecular weight excluding hydrogens is 369 g/mol. The molecule has 1 heterocycles. The Morgan fingerprint density at radius 3 is 2.48 bits per heavy atom. The zero-order chi connectivity index (χ0) is 19.2. The molecule has 0 saturated carbocycles. The Balaban J connectivity index is 1.51. The average molecular weight is 388 g/mol. The number of carbonyl (C=O) groups is 2. The number of likely N-dealkylation sites (tertiary alicyclic amines) is 1. The molecule has 0 spiro atoms. The SMILES string of the molecule is O=C(N/N=C\c1c(F)cccc1Cl)C1CCN(C(=O)c2ccccc2)CC1. The minimum absolute atomic E-state index is 0.0262. The van der Waals surface area contributed by atoms with Crippen molar-refractivity contribution in [3.8, 4) is 0 Å². The maximum atomic E-state index is 13.7. The van der Waals surface area contributed by atoms with Crippen molar-refractivity contribution in [2.45, 2.75) is 12.8 Å². The largest absolute Gasteiger partial charge is 0.339 e. The van der Waals surface area contributed by atoms with Crippen molar-refractivity contribution in [2.24, 2.45) is 11.0 Å². The van der Waals surface area contributed by atoms with E-state index in [1.807, 2.05) is 18.2 Å². The van der Waals surface area contributed by atoms with E-state index in [-0.39, 0.29) is 28.3 Å². The fourth-order valence-corrected chi connectivity index (χ4v) is 3.21. The van der Waals surface area contributed by atoms with Gasteiger partial charge in [-0.3, -0.25) is 9.59 Å². The van der Waals surface area contributed by atoms with E-state index in [0.717, 1.165) is 0 Å². The van der Waals surface area contributed by atoms with Crippen LogP contribution in [0.1, 0.15) is 28.8 Å². The number of piperidine rings is 1. The number of halogens is 2. The first-order chi connectivity index (χ1) is 13.1. The summed E-state index contributed by atoms with van der Waals surface area (Å²) in [6.07, 6.45) is 2.31. The lowest BCUT2D eigenvalue weighted by Gasteiger charge is -2.31. The first kappa shape index (κ1) is 19.0. The minimum atomic E-state index is -0.506. The number of benzene rings is 2. The molecule has 1 aliphatic rings. The molecule has 0 aliphatic carbocycles. The summed E-state index contributed by atoms with van der Waals surface area (Å²) in [6.45, 7) is 1.02. The van der Waals surface area contributed by atoms with Gasteiger partial charge in [0.05, 0.1) is 11.2 Å². The molecule has 140 valence electrons. The third-order valence-corrected chi connectivity index (χ3v) is 4.87. The van der Waals surface area contributed by atoms with Crippen LogP contribution < -0.4 is 5.43 Å². The van der Waals surface area contributed by atoms with Crippen LogP contribution >= 0.6 is 11.6 Å². The maximum absolute atomic E-state index is 13.7. The molecule has 2 aromatic carbocycles. The van der Waals surface area contributed by atoms with Gasteiger partial charge in [-0.1, -0.05) is 35.9 Å². The summed E-state index contributed by atoms with van der Waals surface area (Å²) in [5, 5.41) is 4.03. The van der Waals surface area contributed by atoms with Gasteiger partial charge in [0.25, 0.3) is 5.91 Å². The fraction of sp³-hybridized carbons (Fsp3) is 0.250. The first-order valence-electron chi connectivity index (χ1n) is 8.67. The quantitative estimate of drug-likeness (QED) is 0.645. The van der Waals surface area contributed by atoms with Crippen molar-refractivity contribution in [1.82, 2.24) is 10.3 Å². The summed E-state index contributed by atoms with van der Waals surface area (Å²) >= 11 is 5.91. The van der Waals surface area contributed by atoms with Crippen molar-refractivity contribution in [3.05, 3.63) is 70.5 Å². The molecule has 1 aliphatic heterocycles. The van der Waals surface area contributed by atoms with E-state index >= 15 is 0 Å². The van der Waals surface area contributed by atoms with E-state index in [2.05, 4.69) is 10.5 Å². The highest BCUT2D eigenvalue weighted by atomic mass is 35.5. The van der Waals surface area contributed by atoms with E-state index in [0.29, 0.717) is 31.5 Å². The Hall–Kier alpha value is -2.73. The van der Waals surface area contributed by atoms with E-state index in [9.17, 15) is 14.0 Å². The smallest absolute Gasteiger partial charge is 0.253 e. The van der Waals surface area contributed by atoms with Gasteiger partial charge in [0, 0.05) is 30.1 Å². The van der Waals surface area contributed by atoms with Crippen molar-refractivity contribution >= 4 is 29.6 Å². The number of amides is 2. The average Bonchev–Trinajstić information content (AvgIpc) is 2.70. The molecule has 2 aromatic rings. The second kappa shape index (κ2) is 8.77. The molecule has 1 N–H and O–H groups in total. The van der Waals surface area contributed by atoms with Crippen molar-refractivity contribution in [3.63, 3.8) is 0 Å². The zero-order valence-electron chi connectivity index (χ0n) is 14.6. The molecule has 27 heavy (non-hydrogen) atoms. The number of hydrazone groups is 1. The third kappa shape index (κ3) is 4.71. The summed E-state index contributed by atoms with van der Waals surface area (Å²) < 4.78 is 13.7. The Morgan fingerprint density at radius 2 is 1.81 bits per heavy atom. The minimum Gasteiger partial charge on any atom is -0.339 e. The van der Waals surface area contributed by atoms with E-state index in [1.165, 1.54) is 18.3 Å². The van der Waals surface area contributed by atoms with E-state index < -0.39 is 5.82 Å². The Morgan fingerprint density at radius 1 is 1.11 bits per heavy atom. The monoisotopic (exact) mass is 387 g/mol. The summed E-state index contributed by atoms with van der Waals surface area (Å²) in [6, 6.07) is 13.4. The zero-order valence-corrected chi connectivity index (χ0v) is 15.3. The third-order valence-electron chi connectivity index (χ3n) is 4.54. The molecule has 2 amide bonds. The fourth-order valence-electron chi connectivity index (χ4n) is 2.99. The standard InChI is InChI=1S/C20H19ClFN3O2/c21-17-7-4-8-18(22)16(17)13-23-24-19(26)14-9-11-25(12-10-14)20(27)15-5-2-1-3-6-15/h1-8,13-14H,9-12H2,(H,24,26)/b23-13-. The lowest BCUT2D eigenvalue weighted by molar-refractivity contribution is -0.126. The van der Waals surface area contributed by atoms with Gasteiger partial charge in [-0.25, -0.2) is 9.82 Å². The van der Waals surface area contributed by atoms with Crippen molar-refractivity contribution < 1.29 is 14.0 Å². The van der Waals surface area contributed by atoms with Crippen LogP contribution in [0.25, 0.3) is 0 Å². The molecule has 0 atom stereocenters. The first-order valence-corrected chi connectivity index (χ1v) is 9.05. The topological polar surface area (TPSA) is 61.8 Å². The van der Waals surface area contributed by atoms with Gasteiger partial charge >= 0.3 is 0 Å². The van der Waals surface area contributed by atoms with Gasteiger partial charge in [0.15, 0.2) is 0 Å². The van der Waals surface area contributed by atoms with Crippen LogP contribution in [0.2, 0.25) is 5.02 Å². The van der Waals surface area contributed by atoms with Gasteiger partial charge in [-0.05, 0) is 37.1 Å². The van der Waals surface area contributed by atoms with Crippen molar-refractivity contribution in [1.29, 1.82) is 0 Å². The lowest BCUT2D eigenvalue weighted by Crippen LogP contribution is -2.42. The second-order valence-electron chi connectivity index (χ2n) is 6.30. The molecule has 3 rings (SSSR count). The van der Waals surface area contributed by atoms with Crippen LogP contribution in [-0.4, -0.2) is 36.0 Å². The number of nitrogens with zero attached hydrogens (tertiary/aromatic N) is 2. The summed E-state index contributed by atoms with van der Waals surface area (Å²) in [5.41, 5.74) is 3.21. The van der Waals surface area contributed by atoms with Gasteiger partial charge in [0.2, 0.25) is 5.91 Å². The predicted octanol–water partition coefficient (Wildman–Crippen LogP) is 3.48. The van der Waals surface area contributed by atoms with Crippen LogP contribution in [-0.2, 0) is 4.79 Å². The van der Waals surface area contributed by atoms with Crippen LogP contribution in [0.5, 0.6) is 0 Å². The molecule has 5 nitrogen and oxygen atoms in total. The number of hydrogen-bond donors (Lipinski definition) is 1. The highest BCUT2D eigenvalue weighted by Gasteiger charge is 2.27. The Labute approximate surface area is 161 Å². The van der Waals surface area contributed by atoms with Crippen LogP contribution in [0.3, 0.4) is 0 Å². The van der Waals surface area contributed by atoms with Crippen molar-refractivity contribution in [2.75, 3.05) is 13.1 Å². The molecular formula is C20H19ClFN3O2. The molecule has 0 unspecified atom stereocenters. The molecule has 1 fully saturated rings. The predicted molar refractivity (Wildman–Crippen MR) is 102 cm³/mol. The van der Waals surface area contributed by atoms with Crippen LogP contribution in [0.4, 0.5) is 4.39 Å². The highest BCUT2D eigenvalue weighted by Crippen LogP contribution is 2.20. The maximum Gasteiger partial charge on any atom is 0.253 e. The van der Waals surface area contributed by atoms with Gasteiger partial charge < -0.3 is 4.90 Å².